The molecule has 0 radical (unpaired) electrons. The van der Waals surface area contributed by atoms with E-state index in [-0.39, 0.29) is 37.5 Å². The molecule has 0 aromatic rings. The first-order valence-corrected chi connectivity index (χ1v) is 33.3. The molecule has 0 saturated carbocycles. The Hall–Kier alpha value is -4.71. The Balaban J connectivity index is 4.35. The van der Waals surface area contributed by atoms with E-state index in [4.69, 9.17) is 14.2 Å². The van der Waals surface area contributed by atoms with Gasteiger partial charge in [-0.3, -0.25) is 14.4 Å². The number of allylic oxidation sites excluding steroid dienone is 24. The van der Waals surface area contributed by atoms with E-state index in [0.29, 0.717) is 12.8 Å². The van der Waals surface area contributed by atoms with E-state index in [1.807, 2.05) is 0 Å². The SMILES string of the molecule is CC/C=C\C/C=C\C/C=C\C/C=C\C/C=C\C/C=C\C/C=C\CCCCCCCCCCCC(=O)OCC(COC(=O)CCCCCCCCCCCCCCC)OC(=O)CCCCC/C=C\C/C=C\C/C=C\C/C=C\C/C=C\CC. The minimum Gasteiger partial charge on any atom is -0.462 e. The number of carbonyl (C=O) groups excluding carboxylic acids is 3. The van der Waals surface area contributed by atoms with Crippen LogP contribution < -0.4 is 0 Å². The Morgan fingerprint density at radius 3 is 0.765 bits per heavy atom. The number of unbranched alkanes of at least 4 members (excludes halogenated alkanes) is 24. The Labute approximate surface area is 499 Å². The van der Waals surface area contributed by atoms with E-state index >= 15 is 0 Å². The smallest absolute Gasteiger partial charge is 0.306 e. The summed E-state index contributed by atoms with van der Waals surface area (Å²) in [7, 11) is 0. The molecule has 81 heavy (non-hydrogen) atoms. The van der Waals surface area contributed by atoms with Gasteiger partial charge in [-0.05, 0) is 122 Å². The summed E-state index contributed by atoms with van der Waals surface area (Å²) in [6.07, 6.45) is 97.1. The molecule has 1 atom stereocenters. The summed E-state index contributed by atoms with van der Waals surface area (Å²) in [4.78, 5) is 38.3. The minimum absolute atomic E-state index is 0.0951. The Morgan fingerprint density at radius 2 is 0.481 bits per heavy atom. The molecule has 0 spiro atoms. The quantitative estimate of drug-likeness (QED) is 0.0261. The molecule has 0 rings (SSSR count). The van der Waals surface area contributed by atoms with Gasteiger partial charge in [0.05, 0.1) is 0 Å². The average molecular weight is 1120 g/mol. The van der Waals surface area contributed by atoms with Gasteiger partial charge in [-0.25, -0.2) is 0 Å². The van der Waals surface area contributed by atoms with E-state index in [1.54, 1.807) is 0 Å². The predicted octanol–water partition coefficient (Wildman–Crippen LogP) is 23.1. The Kier molecular flexibility index (Phi) is 63.9. The number of hydrogen-bond donors (Lipinski definition) is 0. The lowest BCUT2D eigenvalue weighted by molar-refractivity contribution is -0.167. The molecule has 6 heteroatoms. The zero-order valence-corrected chi connectivity index (χ0v) is 52.5. The van der Waals surface area contributed by atoms with Crippen LogP contribution in [-0.2, 0) is 28.6 Å². The summed E-state index contributed by atoms with van der Waals surface area (Å²) in [5.74, 6) is -0.931. The molecule has 0 aliphatic carbocycles. The van der Waals surface area contributed by atoms with Crippen molar-refractivity contribution in [2.75, 3.05) is 13.2 Å². The van der Waals surface area contributed by atoms with Crippen LogP contribution in [0, 0.1) is 0 Å². The van der Waals surface area contributed by atoms with E-state index in [9.17, 15) is 14.4 Å². The second kappa shape index (κ2) is 67.8. The van der Waals surface area contributed by atoms with E-state index in [0.717, 1.165) is 148 Å². The van der Waals surface area contributed by atoms with Crippen LogP contribution >= 0.6 is 0 Å². The van der Waals surface area contributed by atoms with Crippen molar-refractivity contribution in [3.8, 4) is 0 Å². The number of ether oxygens (including phenoxy) is 3. The lowest BCUT2D eigenvalue weighted by Crippen LogP contribution is -2.30. The van der Waals surface area contributed by atoms with Crippen LogP contribution in [0.3, 0.4) is 0 Å². The van der Waals surface area contributed by atoms with Crippen molar-refractivity contribution >= 4 is 17.9 Å². The van der Waals surface area contributed by atoms with Crippen LogP contribution in [0.2, 0.25) is 0 Å². The van der Waals surface area contributed by atoms with Crippen molar-refractivity contribution in [2.45, 2.75) is 297 Å². The molecule has 0 aromatic carbocycles. The monoisotopic (exact) mass is 1120 g/mol. The van der Waals surface area contributed by atoms with Crippen LogP contribution in [0.4, 0.5) is 0 Å². The summed E-state index contributed by atoms with van der Waals surface area (Å²) in [6.45, 7) is 6.39. The lowest BCUT2D eigenvalue weighted by atomic mass is 10.0. The van der Waals surface area contributed by atoms with Crippen molar-refractivity contribution < 1.29 is 28.6 Å². The first-order valence-electron chi connectivity index (χ1n) is 33.3. The first-order chi connectivity index (χ1) is 40.0. The maximum Gasteiger partial charge on any atom is 0.306 e. The van der Waals surface area contributed by atoms with Gasteiger partial charge in [-0.2, -0.15) is 0 Å². The number of rotatable bonds is 59. The molecule has 458 valence electrons. The fourth-order valence-corrected chi connectivity index (χ4v) is 8.92. The second-order valence-electron chi connectivity index (χ2n) is 21.6. The fraction of sp³-hybridized carbons (Fsp3) is 0.640. The van der Waals surface area contributed by atoms with Gasteiger partial charge in [0.15, 0.2) is 6.10 Å². The van der Waals surface area contributed by atoms with Crippen molar-refractivity contribution in [1.82, 2.24) is 0 Å². The minimum atomic E-state index is -0.803. The second-order valence-corrected chi connectivity index (χ2v) is 21.6. The Morgan fingerprint density at radius 1 is 0.259 bits per heavy atom. The molecule has 0 aliphatic rings. The molecule has 0 aromatic heterocycles. The lowest BCUT2D eigenvalue weighted by Gasteiger charge is -2.18. The van der Waals surface area contributed by atoms with E-state index in [1.165, 1.54) is 103 Å². The average Bonchev–Trinajstić information content (AvgIpc) is 3.46. The number of carbonyl (C=O) groups is 3. The van der Waals surface area contributed by atoms with Crippen molar-refractivity contribution in [2.24, 2.45) is 0 Å². The zero-order valence-electron chi connectivity index (χ0n) is 52.5. The molecular weight excluding hydrogens is 997 g/mol. The topological polar surface area (TPSA) is 78.9 Å². The largest absolute Gasteiger partial charge is 0.462 e. The zero-order chi connectivity index (χ0) is 58.5. The maximum absolute atomic E-state index is 12.9. The van der Waals surface area contributed by atoms with Crippen LogP contribution in [0.25, 0.3) is 0 Å². The third-order valence-electron chi connectivity index (χ3n) is 13.8. The summed E-state index contributed by atoms with van der Waals surface area (Å²) in [5.41, 5.74) is 0. The third-order valence-corrected chi connectivity index (χ3v) is 13.8. The van der Waals surface area contributed by atoms with Crippen molar-refractivity contribution in [1.29, 1.82) is 0 Å². The predicted molar refractivity (Wildman–Crippen MR) is 352 cm³/mol. The van der Waals surface area contributed by atoms with Crippen LogP contribution in [0.1, 0.15) is 290 Å². The van der Waals surface area contributed by atoms with E-state index < -0.39 is 6.10 Å². The maximum atomic E-state index is 12.9. The Bertz CT molecular complexity index is 1760. The first kappa shape index (κ1) is 76.3. The summed E-state index contributed by atoms with van der Waals surface area (Å²) >= 11 is 0. The van der Waals surface area contributed by atoms with Gasteiger partial charge in [0.25, 0.3) is 0 Å². The molecule has 0 saturated heterocycles. The molecule has 0 bridgehead atoms. The van der Waals surface area contributed by atoms with Gasteiger partial charge in [-0.15, -0.1) is 0 Å². The molecule has 0 aliphatic heterocycles. The molecule has 6 nitrogen and oxygen atoms in total. The highest BCUT2D eigenvalue weighted by molar-refractivity contribution is 5.71. The molecule has 1 unspecified atom stereocenters. The molecule has 0 heterocycles. The van der Waals surface area contributed by atoms with Gasteiger partial charge in [0.1, 0.15) is 13.2 Å². The van der Waals surface area contributed by atoms with Gasteiger partial charge in [0.2, 0.25) is 0 Å². The van der Waals surface area contributed by atoms with Gasteiger partial charge >= 0.3 is 17.9 Å². The highest BCUT2D eigenvalue weighted by Gasteiger charge is 2.19. The van der Waals surface area contributed by atoms with Gasteiger partial charge < -0.3 is 14.2 Å². The van der Waals surface area contributed by atoms with Crippen LogP contribution in [0.5, 0.6) is 0 Å². The summed E-state index contributed by atoms with van der Waals surface area (Å²) < 4.78 is 16.9. The summed E-state index contributed by atoms with van der Waals surface area (Å²) in [6, 6.07) is 0. The van der Waals surface area contributed by atoms with Crippen molar-refractivity contribution in [3.63, 3.8) is 0 Å². The molecule has 0 fully saturated rings. The highest BCUT2D eigenvalue weighted by atomic mass is 16.6. The van der Waals surface area contributed by atoms with Gasteiger partial charge in [0, 0.05) is 19.3 Å². The van der Waals surface area contributed by atoms with E-state index in [2.05, 4.69) is 167 Å². The fourth-order valence-electron chi connectivity index (χ4n) is 8.92. The van der Waals surface area contributed by atoms with Crippen molar-refractivity contribution in [3.05, 3.63) is 146 Å². The van der Waals surface area contributed by atoms with Crippen LogP contribution in [0.15, 0.2) is 146 Å². The number of hydrogen-bond acceptors (Lipinski definition) is 6. The highest BCUT2D eigenvalue weighted by Crippen LogP contribution is 2.16. The summed E-state index contributed by atoms with van der Waals surface area (Å²) in [5, 5.41) is 0. The molecule has 0 amide bonds. The van der Waals surface area contributed by atoms with Gasteiger partial charge in [-0.1, -0.05) is 295 Å². The standard InChI is InChI=1S/C75H122O6/c1-4-7-10-13-16-19-22-25-27-29-31-32-33-34-35-36-37-38-39-40-41-42-44-45-47-50-53-56-59-62-65-68-74(77)80-71-72(70-79-73(76)67-64-61-58-55-52-49-24-21-18-15-12-9-6-3)81-75(78)69-66-63-60-57-54-51-48-46-43-30-28-26-23-20-17-14-11-8-5-2/h7-8,10-11,16-17,19-20,25-28,31-32,34-35,37-38,40-41,43,46,51,54,72H,4-6,9,12-15,18,21-24,29-30,33,36,39,42,44-45,47-50,52-53,55-71H2,1-3H3/b10-7-,11-8-,19-16-,20-17-,27-25-,28-26-,32-31-,35-34-,38-37-,41-40-,46-43-,54-51-. The molecular formula is C75H122O6. The number of esters is 3. The van der Waals surface area contributed by atoms with Crippen LogP contribution in [-0.4, -0.2) is 37.2 Å². The third kappa shape index (κ3) is 66.0. The normalized spacial score (nSPS) is 13.1. The molecule has 0 N–H and O–H groups in total.